The Labute approximate surface area is 182 Å². The first-order valence-electron chi connectivity index (χ1n) is 10.1. The molecule has 0 bridgehead atoms. The maximum atomic E-state index is 13.6. The topological polar surface area (TPSA) is 58.6 Å². The highest BCUT2D eigenvalue weighted by Crippen LogP contribution is 2.38. The van der Waals surface area contributed by atoms with Gasteiger partial charge >= 0.3 is 0 Å². The number of carbonyl (C=O) groups is 2. The molecule has 1 N–H and O–H groups in total. The van der Waals surface area contributed by atoms with Crippen molar-refractivity contribution >= 4 is 28.8 Å². The van der Waals surface area contributed by atoms with E-state index in [2.05, 4.69) is 5.32 Å². The van der Waals surface area contributed by atoms with Gasteiger partial charge in [0.25, 0.3) is 11.8 Å². The molecule has 4 rings (SSSR count). The predicted molar refractivity (Wildman–Crippen MR) is 123 cm³/mol. The van der Waals surface area contributed by atoms with Crippen LogP contribution in [-0.2, 0) is 9.59 Å². The second-order valence-electron chi connectivity index (χ2n) is 7.66. The first-order chi connectivity index (χ1) is 14.9. The number of aryl methyl sites for hydroxylation is 3. The molecule has 0 saturated carbocycles. The Morgan fingerprint density at radius 2 is 1.52 bits per heavy atom. The summed E-state index contributed by atoms with van der Waals surface area (Å²) >= 11 is 0. The molecule has 0 radical (unpaired) electrons. The Hall–Kier alpha value is -3.86. The van der Waals surface area contributed by atoms with Gasteiger partial charge in [0.15, 0.2) is 0 Å². The van der Waals surface area contributed by atoms with Crippen LogP contribution in [-0.4, -0.2) is 18.9 Å². The molecular formula is C26H24N2O3. The van der Waals surface area contributed by atoms with E-state index in [0.29, 0.717) is 22.6 Å². The Balaban J connectivity index is 1.86. The average molecular weight is 412 g/mol. The van der Waals surface area contributed by atoms with Gasteiger partial charge in [0.2, 0.25) is 0 Å². The highest BCUT2D eigenvalue weighted by molar-refractivity contribution is 6.46. The van der Waals surface area contributed by atoms with Crippen molar-refractivity contribution in [2.75, 3.05) is 17.3 Å². The predicted octanol–water partition coefficient (Wildman–Crippen LogP) is 5.02. The van der Waals surface area contributed by atoms with Crippen molar-refractivity contribution in [2.45, 2.75) is 20.8 Å². The minimum atomic E-state index is -0.414. The number of methoxy groups -OCH3 is 1. The number of ether oxygens (including phenoxy) is 1. The van der Waals surface area contributed by atoms with E-state index in [-0.39, 0.29) is 11.6 Å². The van der Waals surface area contributed by atoms with E-state index in [1.54, 1.807) is 24.3 Å². The van der Waals surface area contributed by atoms with Gasteiger partial charge in [0.1, 0.15) is 11.4 Å². The van der Waals surface area contributed by atoms with Crippen LogP contribution in [0.15, 0.2) is 72.4 Å². The number of benzene rings is 3. The molecule has 0 fully saturated rings. The molecule has 5 heteroatoms. The van der Waals surface area contributed by atoms with E-state index >= 15 is 0 Å². The molecule has 5 nitrogen and oxygen atoms in total. The van der Waals surface area contributed by atoms with Gasteiger partial charge in [-0.3, -0.25) is 9.59 Å². The maximum absolute atomic E-state index is 13.6. The Morgan fingerprint density at radius 3 is 2.19 bits per heavy atom. The summed E-state index contributed by atoms with van der Waals surface area (Å²) in [5.74, 6) is -0.337. The number of imide groups is 1. The minimum Gasteiger partial charge on any atom is -0.495 e. The van der Waals surface area contributed by atoms with Crippen LogP contribution in [0.2, 0.25) is 0 Å². The average Bonchev–Trinajstić information content (AvgIpc) is 3.01. The second-order valence-corrected chi connectivity index (χ2v) is 7.66. The number of amides is 2. The molecule has 2 amide bonds. The van der Waals surface area contributed by atoms with Gasteiger partial charge in [-0.25, -0.2) is 4.90 Å². The van der Waals surface area contributed by atoms with Crippen LogP contribution in [0.4, 0.5) is 11.4 Å². The number of hydrogen-bond acceptors (Lipinski definition) is 4. The SMILES string of the molecule is COc1ccccc1N1C(=O)C(Nc2ccc(C)cc2)=C(c2ccc(C)c(C)c2)C1=O. The van der Waals surface area contributed by atoms with E-state index in [1.165, 1.54) is 12.0 Å². The smallest absolute Gasteiger partial charge is 0.282 e. The molecule has 0 saturated heterocycles. The van der Waals surface area contributed by atoms with Crippen molar-refractivity contribution < 1.29 is 14.3 Å². The number of nitrogens with zero attached hydrogens (tertiary/aromatic N) is 1. The van der Waals surface area contributed by atoms with Crippen LogP contribution in [0, 0.1) is 20.8 Å². The van der Waals surface area contributed by atoms with Crippen LogP contribution in [0.3, 0.4) is 0 Å². The van der Waals surface area contributed by atoms with Crippen molar-refractivity contribution in [1.29, 1.82) is 0 Å². The van der Waals surface area contributed by atoms with E-state index in [4.69, 9.17) is 4.74 Å². The lowest BCUT2D eigenvalue weighted by Gasteiger charge is -2.18. The van der Waals surface area contributed by atoms with Crippen LogP contribution in [0.5, 0.6) is 5.75 Å². The summed E-state index contributed by atoms with van der Waals surface area (Å²) in [4.78, 5) is 28.3. The lowest BCUT2D eigenvalue weighted by molar-refractivity contribution is -0.120. The summed E-state index contributed by atoms with van der Waals surface area (Å²) < 4.78 is 5.41. The van der Waals surface area contributed by atoms with Gasteiger partial charge in [-0.1, -0.05) is 48.0 Å². The zero-order valence-corrected chi connectivity index (χ0v) is 18.0. The highest BCUT2D eigenvalue weighted by Gasteiger charge is 2.41. The largest absolute Gasteiger partial charge is 0.495 e. The normalized spacial score (nSPS) is 13.7. The summed E-state index contributed by atoms with van der Waals surface area (Å²) in [5, 5.41) is 3.19. The molecule has 1 aliphatic heterocycles. The van der Waals surface area contributed by atoms with Gasteiger partial charge in [0, 0.05) is 5.69 Å². The molecule has 3 aromatic carbocycles. The summed E-state index contributed by atoms with van der Waals surface area (Å²) in [6.07, 6.45) is 0. The summed E-state index contributed by atoms with van der Waals surface area (Å²) in [7, 11) is 1.52. The molecule has 1 aliphatic rings. The van der Waals surface area contributed by atoms with Crippen molar-refractivity contribution in [2.24, 2.45) is 0 Å². The van der Waals surface area contributed by atoms with E-state index in [1.807, 2.05) is 63.2 Å². The Morgan fingerprint density at radius 1 is 0.806 bits per heavy atom. The van der Waals surface area contributed by atoms with Gasteiger partial charge in [-0.2, -0.15) is 0 Å². The fraction of sp³-hybridized carbons (Fsp3) is 0.154. The Kier molecular flexibility index (Phi) is 5.34. The third-order valence-corrected chi connectivity index (χ3v) is 5.53. The van der Waals surface area contributed by atoms with Gasteiger partial charge < -0.3 is 10.1 Å². The number of para-hydroxylation sites is 2. The molecular weight excluding hydrogens is 388 g/mol. The molecule has 31 heavy (non-hydrogen) atoms. The monoisotopic (exact) mass is 412 g/mol. The van der Waals surface area contributed by atoms with E-state index < -0.39 is 5.91 Å². The summed E-state index contributed by atoms with van der Waals surface area (Å²) in [5.41, 5.74) is 5.74. The van der Waals surface area contributed by atoms with Crippen molar-refractivity contribution in [3.8, 4) is 5.75 Å². The zero-order valence-electron chi connectivity index (χ0n) is 18.0. The minimum absolute atomic E-state index is 0.253. The molecule has 0 aromatic heterocycles. The molecule has 0 aliphatic carbocycles. The van der Waals surface area contributed by atoms with Crippen LogP contribution in [0.25, 0.3) is 5.57 Å². The fourth-order valence-corrected chi connectivity index (χ4v) is 3.62. The van der Waals surface area contributed by atoms with Crippen LogP contribution < -0.4 is 15.0 Å². The standard InChI is InChI=1S/C26H24N2O3/c1-16-9-13-20(14-10-16)27-24-23(19-12-11-17(2)18(3)15-19)25(29)28(26(24)30)21-7-5-6-8-22(21)31-4/h5-15,27H,1-4H3. The van der Waals surface area contributed by atoms with E-state index in [0.717, 1.165) is 22.4 Å². The first-order valence-corrected chi connectivity index (χ1v) is 10.1. The molecule has 0 atom stereocenters. The maximum Gasteiger partial charge on any atom is 0.282 e. The lowest BCUT2D eigenvalue weighted by atomic mass is 9.99. The highest BCUT2D eigenvalue weighted by atomic mass is 16.5. The molecule has 0 unspecified atom stereocenters. The number of hydrogen-bond donors (Lipinski definition) is 1. The second kappa shape index (κ2) is 8.11. The third-order valence-electron chi connectivity index (χ3n) is 5.53. The summed E-state index contributed by atoms with van der Waals surface area (Å²) in [6, 6.07) is 20.5. The lowest BCUT2D eigenvalue weighted by Crippen LogP contribution is -2.32. The van der Waals surface area contributed by atoms with Gasteiger partial charge in [-0.05, 0) is 61.7 Å². The first kappa shape index (κ1) is 20.4. The number of rotatable bonds is 5. The molecule has 0 spiro atoms. The van der Waals surface area contributed by atoms with E-state index in [9.17, 15) is 9.59 Å². The molecule has 3 aromatic rings. The number of anilines is 2. The van der Waals surface area contributed by atoms with Crippen molar-refractivity contribution in [1.82, 2.24) is 0 Å². The fourth-order valence-electron chi connectivity index (χ4n) is 3.62. The zero-order chi connectivity index (χ0) is 22.1. The summed E-state index contributed by atoms with van der Waals surface area (Å²) in [6.45, 7) is 6.00. The Bertz CT molecular complexity index is 1210. The van der Waals surface area contributed by atoms with Crippen LogP contribution >= 0.6 is 0 Å². The number of carbonyl (C=O) groups excluding carboxylic acids is 2. The number of nitrogens with one attached hydrogen (secondary N) is 1. The van der Waals surface area contributed by atoms with Crippen molar-refractivity contribution in [3.05, 3.63) is 94.7 Å². The van der Waals surface area contributed by atoms with Crippen LogP contribution in [0.1, 0.15) is 22.3 Å². The molecule has 156 valence electrons. The molecule has 1 heterocycles. The third kappa shape index (κ3) is 3.70. The quantitative estimate of drug-likeness (QED) is 0.598. The van der Waals surface area contributed by atoms with Gasteiger partial charge in [0.05, 0.1) is 18.4 Å². The van der Waals surface area contributed by atoms with Gasteiger partial charge in [-0.15, -0.1) is 0 Å². The van der Waals surface area contributed by atoms with Crippen molar-refractivity contribution in [3.63, 3.8) is 0 Å².